The van der Waals surface area contributed by atoms with Crippen LogP contribution in [0.4, 0.5) is 5.95 Å². The molecule has 2 heterocycles. The Morgan fingerprint density at radius 3 is 2.33 bits per heavy atom. The fraction of sp³-hybridized carbons (Fsp3) is 0.194. The normalized spacial score (nSPS) is 13.9. The third-order valence-electron chi connectivity index (χ3n) is 7.56. The highest BCUT2D eigenvalue weighted by molar-refractivity contribution is 9.10. The molecule has 1 aliphatic rings. The van der Waals surface area contributed by atoms with Gasteiger partial charge in [-0.05, 0) is 70.7 Å². The second-order valence-electron chi connectivity index (χ2n) is 10.8. The largest absolute Gasteiger partial charge is 0.490 e. The highest BCUT2D eigenvalue weighted by atomic mass is 79.9. The lowest BCUT2D eigenvalue weighted by atomic mass is 9.95. The first-order valence-electron chi connectivity index (χ1n) is 15.2. The van der Waals surface area contributed by atoms with Gasteiger partial charge >= 0.3 is 5.97 Å². The first kappa shape index (κ1) is 33.9. The minimum Gasteiger partial charge on any atom is -0.490 e. The topological polar surface area (TPSA) is 87.5 Å². The van der Waals surface area contributed by atoms with E-state index in [4.69, 9.17) is 47.5 Å². The van der Waals surface area contributed by atoms with Gasteiger partial charge in [0.2, 0.25) is 11.1 Å². The Kier molecular flexibility index (Phi) is 11.0. The molecule has 1 N–H and O–H groups in total. The SMILES string of the molecule is CCOc1cc(C2C(C(=O)OCc3ccccc3)=C(C)Nc3nc(SCc4ccccc4Cl)nn32)cc(Br)c1OCc1ccccc1Cl. The van der Waals surface area contributed by atoms with Crippen LogP contribution in [-0.4, -0.2) is 27.3 Å². The number of anilines is 1. The molecule has 1 aromatic heterocycles. The van der Waals surface area contributed by atoms with Crippen LogP contribution in [0.2, 0.25) is 10.0 Å². The van der Waals surface area contributed by atoms with Crippen LogP contribution in [0.1, 0.15) is 42.1 Å². The van der Waals surface area contributed by atoms with Crippen LogP contribution in [0.15, 0.2) is 112 Å². The molecule has 5 aromatic rings. The number of nitrogens with one attached hydrogen (secondary N) is 1. The van der Waals surface area contributed by atoms with Crippen molar-refractivity contribution in [3.8, 4) is 11.5 Å². The molecular weight excluding hydrogens is 735 g/mol. The lowest BCUT2D eigenvalue weighted by molar-refractivity contribution is -0.140. The average molecular weight is 767 g/mol. The Labute approximate surface area is 301 Å². The number of fused-ring (bicyclic) bond motifs is 1. The van der Waals surface area contributed by atoms with E-state index in [9.17, 15) is 4.79 Å². The molecule has 0 saturated heterocycles. The van der Waals surface area contributed by atoms with Crippen molar-refractivity contribution in [2.75, 3.05) is 11.9 Å². The predicted molar refractivity (Wildman–Crippen MR) is 193 cm³/mol. The number of rotatable bonds is 12. The highest BCUT2D eigenvalue weighted by Gasteiger charge is 2.36. The molecule has 48 heavy (non-hydrogen) atoms. The first-order valence-corrected chi connectivity index (χ1v) is 17.7. The number of allylic oxidation sites excluding steroid dienone is 1. The molecule has 12 heteroatoms. The molecule has 1 aliphatic heterocycles. The molecule has 0 bridgehead atoms. The van der Waals surface area contributed by atoms with Gasteiger partial charge in [0.05, 0.1) is 16.7 Å². The molecule has 6 rings (SSSR count). The smallest absolute Gasteiger partial charge is 0.338 e. The van der Waals surface area contributed by atoms with Crippen LogP contribution in [0.25, 0.3) is 0 Å². The summed E-state index contributed by atoms with van der Waals surface area (Å²) in [6.45, 7) is 4.48. The van der Waals surface area contributed by atoms with Crippen molar-refractivity contribution in [3.05, 3.63) is 139 Å². The number of hydrogen-bond donors (Lipinski definition) is 1. The fourth-order valence-corrected chi connectivity index (χ4v) is 7.12. The molecule has 1 unspecified atom stereocenters. The summed E-state index contributed by atoms with van der Waals surface area (Å²) in [5, 5.41) is 9.96. The second kappa shape index (κ2) is 15.5. The van der Waals surface area contributed by atoms with Crippen LogP contribution < -0.4 is 14.8 Å². The molecule has 0 radical (unpaired) electrons. The molecule has 246 valence electrons. The number of ether oxygens (including phenoxy) is 3. The van der Waals surface area contributed by atoms with Crippen LogP contribution in [0.5, 0.6) is 11.5 Å². The monoisotopic (exact) mass is 764 g/mol. The molecule has 0 aliphatic carbocycles. The maximum atomic E-state index is 13.9. The number of benzene rings is 4. The van der Waals surface area contributed by atoms with E-state index in [0.717, 1.165) is 22.3 Å². The van der Waals surface area contributed by atoms with E-state index >= 15 is 0 Å². The van der Waals surface area contributed by atoms with Crippen LogP contribution in [0, 0.1) is 0 Å². The Bertz CT molecular complexity index is 1970. The summed E-state index contributed by atoms with van der Waals surface area (Å²) in [6.07, 6.45) is 0. The molecule has 4 aromatic carbocycles. The number of nitrogens with zero attached hydrogens (tertiary/aromatic N) is 3. The van der Waals surface area contributed by atoms with Crippen molar-refractivity contribution in [1.29, 1.82) is 0 Å². The Morgan fingerprint density at radius 1 is 0.938 bits per heavy atom. The number of thioether (sulfide) groups is 1. The summed E-state index contributed by atoms with van der Waals surface area (Å²) in [5.74, 6) is 1.60. The summed E-state index contributed by atoms with van der Waals surface area (Å²) >= 11 is 18.0. The Morgan fingerprint density at radius 2 is 1.62 bits per heavy atom. The van der Waals surface area contributed by atoms with E-state index in [1.54, 1.807) is 4.68 Å². The van der Waals surface area contributed by atoms with Gasteiger partial charge < -0.3 is 19.5 Å². The average Bonchev–Trinajstić information content (AvgIpc) is 3.49. The Balaban J connectivity index is 1.37. The number of carbonyl (C=O) groups is 1. The van der Waals surface area contributed by atoms with Gasteiger partial charge in [0.15, 0.2) is 11.5 Å². The Hall–Kier alpha value is -3.96. The molecule has 8 nitrogen and oxygen atoms in total. The number of aromatic nitrogens is 3. The summed E-state index contributed by atoms with van der Waals surface area (Å²) < 4.78 is 20.5. The van der Waals surface area contributed by atoms with E-state index in [0.29, 0.717) is 60.8 Å². The highest BCUT2D eigenvalue weighted by Crippen LogP contribution is 2.44. The van der Waals surface area contributed by atoms with Crippen molar-refractivity contribution in [2.45, 2.75) is 44.0 Å². The third-order valence-corrected chi connectivity index (χ3v) is 9.77. The van der Waals surface area contributed by atoms with Crippen molar-refractivity contribution in [2.24, 2.45) is 0 Å². The van der Waals surface area contributed by atoms with Crippen LogP contribution in [-0.2, 0) is 28.5 Å². The van der Waals surface area contributed by atoms with Gasteiger partial charge in [0, 0.05) is 27.1 Å². The third kappa shape index (κ3) is 7.68. The fourth-order valence-electron chi connectivity index (χ4n) is 5.24. The van der Waals surface area contributed by atoms with Crippen LogP contribution in [0.3, 0.4) is 0 Å². The van der Waals surface area contributed by atoms with Gasteiger partial charge in [0.25, 0.3) is 0 Å². The minimum absolute atomic E-state index is 0.120. The summed E-state index contributed by atoms with van der Waals surface area (Å²) in [5.41, 5.74) is 4.41. The van der Waals surface area contributed by atoms with Crippen molar-refractivity contribution < 1.29 is 19.0 Å². The predicted octanol–water partition coefficient (Wildman–Crippen LogP) is 9.65. The van der Waals surface area contributed by atoms with Gasteiger partial charge in [-0.1, -0.05) is 102 Å². The van der Waals surface area contributed by atoms with E-state index in [2.05, 4.69) is 21.2 Å². The molecule has 0 spiro atoms. The first-order chi connectivity index (χ1) is 23.3. The number of esters is 1. The number of carbonyl (C=O) groups excluding carboxylic acids is 1. The van der Waals surface area contributed by atoms with Crippen molar-refractivity contribution >= 4 is 62.8 Å². The lowest BCUT2D eigenvalue weighted by Gasteiger charge is -2.29. The maximum absolute atomic E-state index is 13.9. The zero-order valence-corrected chi connectivity index (χ0v) is 30.0. The number of halogens is 3. The van der Waals surface area contributed by atoms with Crippen LogP contribution >= 0.6 is 50.9 Å². The van der Waals surface area contributed by atoms with Crippen molar-refractivity contribution in [1.82, 2.24) is 14.8 Å². The van der Waals surface area contributed by atoms with Crippen molar-refractivity contribution in [3.63, 3.8) is 0 Å². The lowest BCUT2D eigenvalue weighted by Crippen LogP contribution is -2.29. The zero-order chi connectivity index (χ0) is 33.6. The van der Waals surface area contributed by atoms with Gasteiger partial charge in [-0.3, -0.25) is 0 Å². The molecule has 1 atom stereocenters. The summed E-state index contributed by atoms with van der Waals surface area (Å²) in [4.78, 5) is 18.7. The van der Waals surface area contributed by atoms with Gasteiger partial charge in [-0.15, -0.1) is 5.10 Å². The molecule has 0 fully saturated rings. The molecule has 0 amide bonds. The number of hydrogen-bond acceptors (Lipinski definition) is 8. The molecule has 0 saturated carbocycles. The zero-order valence-electron chi connectivity index (χ0n) is 26.1. The minimum atomic E-state index is -0.695. The molecular formula is C36H31BrCl2N4O4S. The van der Waals surface area contributed by atoms with Gasteiger partial charge in [-0.25, -0.2) is 9.48 Å². The van der Waals surface area contributed by atoms with E-state index in [1.165, 1.54) is 11.8 Å². The van der Waals surface area contributed by atoms with E-state index < -0.39 is 12.0 Å². The quantitative estimate of drug-likeness (QED) is 0.0993. The standard InChI is InChI=1S/C36H31BrCl2N4O4S/c1-3-45-30-18-26(17-27(37)33(30)46-20-24-13-7-9-15-28(24)38)32-31(34(44)47-19-23-11-5-4-6-12-23)22(2)40-35-41-36(42-43(32)35)48-21-25-14-8-10-16-29(25)39/h4-18,32H,3,19-21H2,1-2H3,(H,40,41,42). The van der Waals surface area contributed by atoms with Gasteiger partial charge in [0.1, 0.15) is 19.3 Å². The summed E-state index contributed by atoms with van der Waals surface area (Å²) in [7, 11) is 0. The summed E-state index contributed by atoms with van der Waals surface area (Å²) in [6, 6.07) is 27.8. The van der Waals surface area contributed by atoms with E-state index in [-0.39, 0.29) is 13.2 Å². The van der Waals surface area contributed by atoms with Gasteiger partial charge in [-0.2, -0.15) is 4.98 Å². The second-order valence-corrected chi connectivity index (χ2v) is 13.4. The van der Waals surface area contributed by atoms with E-state index in [1.807, 2.05) is 105 Å². The maximum Gasteiger partial charge on any atom is 0.338 e.